The van der Waals surface area contributed by atoms with Crippen molar-refractivity contribution < 1.29 is 4.52 Å². The SMILES string of the molecule is CCCNC(C)Cc1nc(CSc2ccccc2Br)no1. The summed E-state index contributed by atoms with van der Waals surface area (Å²) in [7, 11) is 0. The van der Waals surface area contributed by atoms with Gasteiger partial charge >= 0.3 is 0 Å². The van der Waals surface area contributed by atoms with Gasteiger partial charge in [0, 0.05) is 21.8 Å². The molecule has 0 bridgehead atoms. The average Bonchev–Trinajstić information content (AvgIpc) is 2.92. The molecule has 21 heavy (non-hydrogen) atoms. The molecule has 1 unspecified atom stereocenters. The fourth-order valence-corrected chi connectivity index (χ4v) is 3.27. The number of hydrogen-bond donors (Lipinski definition) is 1. The monoisotopic (exact) mass is 369 g/mol. The van der Waals surface area contributed by atoms with Crippen LogP contribution in [0.4, 0.5) is 0 Å². The maximum Gasteiger partial charge on any atom is 0.228 e. The van der Waals surface area contributed by atoms with Crippen molar-refractivity contribution in [3.8, 4) is 0 Å². The molecule has 0 aliphatic rings. The molecule has 0 saturated heterocycles. The Bertz CT molecular complexity index is 561. The highest BCUT2D eigenvalue weighted by atomic mass is 79.9. The van der Waals surface area contributed by atoms with Crippen LogP contribution in [0, 0.1) is 0 Å². The predicted octanol–water partition coefficient (Wildman–Crippen LogP) is 4.06. The molecule has 2 aromatic rings. The molecule has 1 atom stereocenters. The average molecular weight is 370 g/mol. The lowest BCUT2D eigenvalue weighted by molar-refractivity contribution is 0.358. The molecule has 0 radical (unpaired) electrons. The standard InChI is InChI=1S/C15H20BrN3OS/c1-3-8-17-11(2)9-15-18-14(19-20-15)10-21-13-7-5-4-6-12(13)16/h4-7,11,17H,3,8-10H2,1-2H3. The third kappa shape index (κ3) is 5.45. The van der Waals surface area contributed by atoms with Crippen LogP contribution in [-0.2, 0) is 12.2 Å². The minimum atomic E-state index is 0.356. The maximum atomic E-state index is 5.31. The van der Waals surface area contributed by atoms with E-state index in [9.17, 15) is 0 Å². The Hall–Kier alpha value is -0.850. The molecule has 1 aromatic heterocycles. The van der Waals surface area contributed by atoms with E-state index in [4.69, 9.17) is 4.52 Å². The van der Waals surface area contributed by atoms with Gasteiger partial charge in [0.05, 0.1) is 5.75 Å². The molecule has 0 aliphatic heterocycles. The summed E-state index contributed by atoms with van der Waals surface area (Å²) in [4.78, 5) is 5.63. The summed E-state index contributed by atoms with van der Waals surface area (Å²) in [6.45, 7) is 5.30. The zero-order chi connectivity index (χ0) is 15.1. The van der Waals surface area contributed by atoms with Crippen LogP contribution in [0.15, 0.2) is 38.2 Å². The normalized spacial score (nSPS) is 12.5. The van der Waals surface area contributed by atoms with E-state index in [1.807, 2.05) is 18.2 Å². The number of halogens is 1. The van der Waals surface area contributed by atoms with E-state index in [1.165, 1.54) is 4.90 Å². The van der Waals surface area contributed by atoms with Gasteiger partial charge in [0.15, 0.2) is 5.82 Å². The van der Waals surface area contributed by atoms with E-state index in [0.717, 1.165) is 29.7 Å². The second kappa shape index (κ2) is 8.56. The van der Waals surface area contributed by atoms with Crippen LogP contribution in [0.25, 0.3) is 0 Å². The molecule has 114 valence electrons. The molecule has 1 N–H and O–H groups in total. The van der Waals surface area contributed by atoms with Gasteiger partial charge in [-0.25, -0.2) is 0 Å². The first kappa shape index (κ1) is 16.5. The van der Waals surface area contributed by atoms with E-state index in [2.05, 4.69) is 51.3 Å². The minimum Gasteiger partial charge on any atom is -0.339 e. The largest absolute Gasteiger partial charge is 0.339 e. The Kier molecular flexibility index (Phi) is 6.73. The van der Waals surface area contributed by atoms with Crippen LogP contribution in [0.2, 0.25) is 0 Å². The molecule has 1 aromatic carbocycles. The van der Waals surface area contributed by atoms with E-state index in [0.29, 0.717) is 17.7 Å². The Labute approximate surface area is 138 Å². The number of aromatic nitrogens is 2. The summed E-state index contributed by atoms with van der Waals surface area (Å²) in [6, 6.07) is 8.49. The molecule has 1 heterocycles. The Morgan fingerprint density at radius 1 is 1.38 bits per heavy atom. The summed E-state index contributed by atoms with van der Waals surface area (Å²) < 4.78 is 6.40. The molecule has 0 fully saturated rings. The summed E-state index contributed by atoms with van der Waals surface area (Å²) in [6.07, 6.45) is 1.90. The number of nitrogens with zero attached hydrogens (tertiary/aromatic N) is 2. The first-order valence-corrected chi connectivity index (χ1v) is 8.89. The van der Waals surface area contributed by atoms with Gasteiger partial charge in [-0.15, -0.1) is 11.8 Å². The Morgan fingerprint density at radius 2 is 2.19 bits per heavy atom. The van der Waals surface area contributed by atoms with Crippen molar-refractivity contribution in [3.63, 3.8) is 0 Å². The van der Waals surface area contributed by atoms with Gasteiger partial charge in [0.25, 0.3) is 0 Å². The van der Waals surface area contributed by atoms with Crippen LogP contribution in [0.5, 0.6) is 0 Å². The van der Waals surface area contributed by atoms with Crippen LogP contribution in [0.1, 0.15) is 32.0 Å². The van der Waals surface area contributed by atoms with Gasteiger partial charge in [-0.2, -0.15) is 4.98 Å². The second-order valence-corrected chi connectivity index (χ2v) is 6.75. The third-order valence-corrected chi connectivity index (χ3v) is 4.95. The number of nitrogens with one attached hydrogen (secondary N) is 1. The lowest BCUT2D eigenvalue weighted by Crippen LogP contribution is -2.28. The number of benzene rings is 1. The summed E-state index contributed by atoms with van der Waals surface area (Å²) >= 11 is 5.24. The van der Waals surface area contributed by atoms with Crippen molar-refractivity contribution in [1.29, 1.82) is 0 Å². The first-order valence-electron chi connectivity index (χ1n) is 7.11. The predicted molar refractivity (Wildman–Crippen MR) is 89.5 cm³/mol. The Morgan fingerprint density at radius 3 is 2.95 bits per heavy atom. The zero-order valence-electron chi connectivity index (χ0n) is 12.3. The molecule has 2 rings (SSSR count). The van der Waals surface area contributed by atoms with Crippen molar-refractivity contribution in [2.45, 2.75) is 43.4 Å². The van der Waals surface area contributed by atoms with Gasteiger partial charge < -0.3 is 9.84 Å². The molecular weight excluding hydrogens is 350 g/mol. The molecule has 0 amide bonds. The molecular formula is C15H20BrN3OS. The second-order valence-electron chi connectivity index (χ2n) is 4.88. The van der Waals surface area contributed by atoms with E-state index in [1.54, 1.807) is 11.8 Å². The van der Waals surface area contributed by atoms with Gasteiger partial charge in [0.2, 0.25) is 5.89 Å². The van der Waals surface area contributed by atoms with Gasteiger partial charge in [-0.3, -0.25) is 0 Å². The van der Waals surface area contributed by atoms with Crippen LogP contribution in [0.3, 0.4) is 0 Å². The molecule has 4 nitrogen and oxygen atoms in total. The molecule has 0 aliphatic carbocycles. The van der Waals surface area contributed by atoms with Crippen LogP contribution >= 0.6 is 27.7 Å². The maximum absolute atomic E-state index is 5.31. The number of rotatable bonds is 8. The smallest absolute Gasteiger partial charge is 0.228 e. The fourth-order valence-electron chi connectivity index (χ4n) is 1.86. The first-order chi connectivity index (χ1) is 10.2. The summed E-state index contributed by atoms with van der Waals surface area (Å²) in [5.74, 6) is 2.16. The minimum absolute atomic E-state index is 0.356. The van der Waals surface area contributed by atoms with E-state index < -0.39 is 0 Å². The lowest BCUT2D eigenvalue weighted by atomic mass is 10.2. The quantitative estimate of drug-likeness (QED) is 0.711. The van der Waals surface area contributed by atoms with Crippen molar-refractivity contribution in [3.05, 3.63) is 40.5 Å². The topological polar surface area (TPSA) is 51.0 Å². The van der Waals surface area contributed by atoms with Crippen LogP contribution < -0.4 is 5.32 Å². The number of thioether (sulfide) groups is 1. The molecule has 6 heteroatoms. The number of hydrogen-bond acceptors (Lipinski definition) is 5. The van der Waals surface area contributed by atoms with Crippen molar-refractivity contribution in [2.75, 3.05) is 6.54 Å². The summed E-state index contributed by atoms with van der Waals surface area (Å²) in [5, 5.41) is 7.46. The Balaban J connectivity index is 1.84. The van der Waals surface area contributed by atoms with Crippen molar-refractivity contribution in [2.24, 2.45) is 0 Å². The third-order valence-electron chi connectivity index (χ3n) is 2.93. The van der Waals surface area contributed by atoms with Gasteiger partial charge in [0.1, 0.15) is 0 Å². The van der Waals surface area contributed by atoms with E-state index >= 15 is 0 Å². The molecule has 0 spiro atoms. The van der Waals surface area contributed by atoms with Crippen molar-refractivity contribution >= 4 is 27.7 Å². The highest BCUT2D eigenvalue weighted by molar-refractivity contribution is 9.10. The van der Waals surface area contributed by atoms with Crippen LogP contribution in [-0.4, -0.2) is 22.7 Å². The zero-order valence-corrected chi connectivity index (χ0v) is 14.7. The van der Waals surface area contributed by atoms with Gasteiger partial charge in [-0.1, -0.05) is 24.2 Å². The fraction of sp³-hybridized carbons (Fsp3) is 0.467. The lowest BCUT2D eigenvalue weighted by Gasteiger charge is -2.09. The van der Waals surface area contributed by atoms with Crippen molar-refractivity contribution in [1.82, 2.24) is 15.5 Å². The molecule has 0 saturated carbocycles. The van der Waals surface area contributed by atoms with E-state index in [-0.39, 0.29) is 0 Å². The highest BCUT2D eigenvalue weighted by Crippen LogP contribution is 2.28. The summed E-state index contributed by atoms with van der Waals surface area (Å²) in [5.41, 5.74) is 0. The van der Waals surface area contributed by atoms with Gasteiger partial charge in [-0.05, 0) is 48.0 Å². The highest BCUT2D eigenvalue weighted by Gasteiger charge is 2.11.